The molecule has 1 aliphatic heterocycles. The van der Waals surface area contributed by atoms with E-state index in [4.69, 9.17) is 10.5 Å². The first kappa shape index (κ1) is 13.5. The fraction of sp³-hybridized carbons (Fsp3) is 0.667. The number of aryl methyl sites for hydroxylation is 1. The molecule has 2 heterocycles. The number of nitrogens with two attached hydrogens (primary N) is 1. The molecule has 0 spiro atoms. The van der Waals surface area contributed by atoms with Crippen molar-refractivity contribution in [3.63, 3.8) is 0 Å². The molecule has 1 aliphatic carbocycles. The van der Waals surface area contributed by atoms with Gasteiger partial charge in [-0.3, -0.25) is 4.57 Å². The molecule has 1 saturated carbocycles. The van der Waals surface area contributed by atoms with Gasteiger partial charge in [0.05, 0.1) is 13.2 Å². The van der Waals surface area contributed by atoms with Crippen molar-refractivity contribution in [3.05, 3.63) is 22.2 Å². The molecule has 3 atom stereocenters. The SMILES string of the molecule is Cc1cn([C@@H]2OC(CO)(CO)C3(O)C[C@@H]23)c(=O)nc1N. The molecular formula is C12H17N3O5. The van der Waals surface area contributed by atoms with E-state index in [2.05, 4.69) is 4.98 Å². The highest BCUT2D eigenvalue weighted by Crippen LogP contribution is 2.64. The van der Waals surface area contributed by atoms with Gasteiger partial charge in [-0.25, -0.2) is 4.79 Å². The minimum absolute atomic E-state index is 0.144. The van der Waals surface area contributed by atoms with E-state index in [-0.39, 0.29) is 11.7 Å². The Morgan fingerprint density at radius 1 is 1.55 bits per heavy atom. The minimum atomic E-state index is -1.45. The van der Waals surface area contributed by atoms with E-state index in [1.54, 1.807) is 6.92 Å². The number of nitrogen functional groups attached to an aromatic ring is 1. The summed E-state index contributed by atoms with van der Waals surface area (Å²) < 4.78 is 6.86. The molecule has 0 amide bonds. The Labute approximate surface area is 114 Å². The van der Waals surface area contributed by atoms with E-state index in [0.717, 1.165) is 0 Å². The fourth-order valence-corrected chi connectivity index (χ4v) is 2.96. The van der Waals surface area contributed by atoms with Crippen LogP contribution in [-0.4, -0.2) is 49.3 Å². The van der Waals surface area contributed by atoms with Crippen LogP contribution in [-0.2, 0) is 4.74 Å². The molecule has 1 saturated heterocycles. The summed E-state index contributed by atoms with van der Waals surface area (Å²) in [5.74, 6) is -0.213. The quantitative estimate of drug-likeness (QED) is 0.511. The number of aliphatic hydroxyl groups is 3. The summed E-state index contributed by atoms with van der Waals surface area (Å²) in [7, 11) is 0. The van der Waals surface area contributed by atoms with E-state index >= 15 is 0 Å². The zero-order chi connectivity index (χ0) is 14.7. The Morgan fingerprint density at radius 3 is 2.75 bits per heavy atom. The van der Waals surface area contributed by atoms with Crippen LogP contribution in [0.3, 0.4) is 0 Å². The summed E-state index contributed by atoms with van der Waals surface area (Å²) >= 11 is 0. The maximum atomic E-state index is 11.9. The molecule has 8 heteroatoms. The number of aliphatic hydroxyl groups excluding tert-OH is 2. The van der Waals surface area contributed by atoms with E-state index in [0.29, 0.717) is 12.0 Å². The van der Waals surface area contributed by atoms with Crippen LogP contribution in [0.1, 0.15) is 18.2 Å². The second-order valence-electron chi connectivity index (χ2n) is 5.55. The zero-order valence-electron chi connectivity index (χ0n) is 11.0. The van der Waals surface area contributed by atoms with Crippen LogP contribution in [0, 0.1) is 12.8 Å². The smallest absolute Gasteiger partial charge is 0.351 e. The Morgan fingerprint density at radius 2 is 2.20 bits per heavy atom. The van der Waals surface area contributed by atoms with Gasteiger partial charge in [0.15, 0.2) is 0 Å². The molecule has 5 N–H and O–H groups in total. The molecule has 20 heavy (non-hydrogen) atoms. The first-order valence-corrected chi connectivity index (χ1v) is 6.36. The summed E-state index contributed by atoms with van der Waals surface area (Å²) in [6.07, 6.45) is 1.10. The second-order valence-corrected chi connectivity index (χ2v) is 5.55. The molecule has 8 nitrogen and oxygen atoms in total. The number of hydrogen-bond donors (Lipinski definition) is 4. The standard InChI is InChI=1S/C12H17N3O5/c1-6-3-15(10(18)14-8(6)13)9-7-2-12(7,19)11(4-16,5-17)20-9/h3,7,9,16-17,19H,2,4-5H2,1H3,(H2,13,14,18)/t7-,9+,12?/m0/s1. The van der Waals surface area contributed by atoms with Crippen molar-refractivity contribution in [2.45, 2.75) is 30.8 Å². The van der Waals surface area contributed by atoms with E-state index in [1.807, 2.05) is 0 Å². The number of aromatic nitrogens is 2. The molecule has 3 rings (SSSR count). The highest BCUT2D eigenvalue weighted by Gasteiger charge is 2.76. The number of ether oxygens (including phenoxy) is 1. The third-order valence-electron chi connectivity index (χ3n) is 4.42. The second kappa shape index (κ2) is 4.01. The molecular weight excluding hydrogens is 266 g/mol. The number of fused-ring (bicyclic) bond motifs is 1. The zero-order valence-corrected chi connectivity index (χ0v) is 11.0. The predicted octanol–water partition coefficient (Wildman–Crippen LogP) is -1.86. The maximum Gasteiger partial charge on any atom is 0.351 e. The van der Waals surface area contributed by atoms with Gasteiger partial charge in [-0.2, -0.15) is 4.98 Å². The number of anilines is 1. The van der Waals surface area contributed by atoms with Crippen LogP contribution >= 0.6 is 0 Å². The first-order valence-electron chi connectivity index (χ1n) is 6.36. The van der Waals surface area contributed by atoms with Gasteiger partial charge in [-0.1, -0.05) is 0 Å². The number of rotatable bonds is 3. The van der Waals surface area contributed by atoms with Gasteiger partial charge in [0.25, 0.3) is 0 Å². The van der Waals surface area contributed by atoms with Crippen LogP contribution in [0.2, 0.25) is 0 Å². The molecule has 2 fully saturated rings. The fourth-order valence-electron chi connectivity index (χ4n) is 2.96. The molecule has 110 valence electrons. The van der Waals surface area contributed by atoms with Crippen molar-refractivity contribution in [1.82, 2.24) is 9.55 Å². The average molecular weight is 283 g/mol. The molecule has 2 aliphatic rings. The van der Waals surface area contributed by atoms with Gasteiger partial charge in [-0.15, -0.1) is 0 Å². The molecule has 1 aromatic rings. The van der Waals surface area contributed by atoms with Gasteiger partial charge in [0.2, 0.25) is 0 Å². The number of hydrogen-bond acceptors (Lipinski definition) is 7. The minimum Gasteiger partial charge on any atom is -0.393 e. The van der Waals surface area contributed by atoms with Gasteiger partial charge >= 0.3 is 5.69 Å². The average Bonchev–Trinajstić information content (AvgIpc) is 3.04. The number of nitrogens with zero attached hydrogens (tertiary/aromatic N) is 2. The summed E-state index contributed by atoms with van der Waals surface area (Å²) in [5, 5.41) is 29.3. The summed E-state index contributed by atoms with van der Waals surface area (Å²) in [6, 6.07) is 0. The summed E-state index contributed by atoms with van der Waals surface area (Å²) in [5.41, 5.74) is 2.84. The third kappa shape index (κ3) is 1.50. The first-order chi connectivity index (χ1) is 9.38. The highest BCUT2D eigenvalue weighted by molar-refractivity contribution is 5.35. The Bertz CT molecular complexity index is 612. The lowest BCUT2D eigenvalue weighted by Gasteiger charge is -2.32. The van der Waals surface area contributed by atoms with E-state index in [1.165, 1.54) is 10.8 Å². The highest BCUT2D eigenvalue weighted by atomic mass is 16.6. The monoisotopic (exact) mass is 283 g/mol. The van der Waals surface area contributed by atoms with Crippen molar-refractivity contribution in [2.75, 3.05) is 18.9 Å². The third-order valence-corrected chi connectivity index (χ3v) is 4.42. The van der Waals surface area contributed by atoms with Crippen LogP contribution in [0.15, 0.2) is 11.0 Å². The van der Waals surface area contributed by atoms with E-state index < -0.39 is 36.3 Å². The van der Waals surface area contributed by atoms with E-state index in [9.17, 15) is 20.1 Å². The van der Waals surface area contributed by atoms with Crippen molar-refractivity contribution < 1.29 is 20.1 Å². The molecule has 0 aromatic carbocycles. The molecule has 1 aromatic heterocycles. The van der Waals surface area contributed by atoms with Crippen molar-refractivity contribution >= 4 is 5.82 Å². The normalized spacial score (nSPS) is 34.0. The van der Waals surface area contributed by atoms with Crippen LogP contribution < -0.4 is 11.4 Å². The van der Waals surface area contributed by atoms with Crippen molar-refractivity contribution in [1.29, 1.82) is 0 Å². The molecule has 0 bridgehead atoms. The van der Waals surface area contributed by atoms with Gasteiger partial charge in [0.1, 0.15) is 23.2 Å². The summed E-state index contributed by atoms with van der Waals surface area (Å²) in [4.78, 5) is 15.6. The van der Waals surface area contributed by atoms with Gasteiger partial charge < -0.3 is 25.8 Å². The Balaban J connectivity index is 2.03. The largest absolute Gasteiger partial charge is 0.393 e. The lowest BCUT2D eigenvalue weighted by atomic mass is 9.96. The van der Waals surface area contributed by atoms with Crippen molar-refractivity contribution in [2.24, 2.45) is 5.92 Å². The van der Waals surface area contributed by atoms with Gasteiger partial charge in [-0.05, 0) is 13.3 Å². The Hall–Kier alpha value is -1.48. The molecule has 0 radical (unpaired) electrons. The van der Waals surface area contributed by atoms with Crippen molar-refractivity contribution in [3.8, 4) is 0 Å². The maximum absolute atomic E-state index is 11.9. The van der Waals surface area contributed by atoms with Gasteiger partial charge in [0, 0.05) is 17.7 Å². The lowest BCUT2D eigenvalue weighted by molar-refractivity contribution is -0.180. The molecule has 1 unspecified atom stereocenters. The summed E-state index contributed by atoms with van der Waals surface area (Å²) in [6.45, 7) is 0.657. The Kier molecular flexibility index (Phi) is 2.71. The topological polar surface area (TPSA) is 131 Å². The van der Waals surface area contributed by atoms with Crippen LogP contribution in [0.25, 0.3) is 0 Å². The van der Waals surface area contributed by atoms with Crippen LogP contribution in [0.4, 0.5) is 5.82 Å². The predicted molar refractivity (Wildman–Crippen MR) is 67.7 cm³/mol. The van der Waals surface area contributed by atoms with Crippen LogP contribution in [0.5, 0.6) is 0 Å². The lowest BCUT2D eigenvalue weighted by Crippen LogP contribution is -2.51.